The van der Waals surface area contributed by atoms with Crippen molar-refractivity contribution >= 4 is 5.97 Å². The lowest BCUT2D eigenvalue weighted by atomic mass is 10.0. The van der Waals surface area contributed by atoms with Crippen LogP contribution in [0.15, 0.2) is 0 Å². The smallest absolute Gasteiger partial charge is 0.308 e. The molecule has 0 aliphatic carbocycles. The van der Waals surface area contributed by atoms with Crippen molar-refractivity contribution in [1.29, 1.82) is 0 Å². The van der Waals surface area contributed by atoms with Gasteiger partial charge in [0, 0.05) is 14.2 Å². The molecule has 0 aromatic heterocycles. The van der Waals surface area contributed by atoms with Gasteiger partial charge in [-0.25, -0.2) is 0 Å². The maximum atomic E-state index is 11.7. The molecule has 0 saturated carbocycles. The van der Waals surface area contributed by atoms with Crippen molar-refractivity contribution in [2.75, 3.05) is 40.6 Å². The number of carbonyl (C=O) groups is 1. The van der Waals surface area contributed by atoms with Crippen molar-refractivity contribution in [1.82, 2.24) is 0 Å². The van der Waals surface area contributed by atoms with Crippen LogP contribution in [0.2, 0.25) is 0 Å². The van der Waals surface area contributed by atoms with Crippen LogP contribution in [0.4, 0.5) is 0 Å². The second-order valence-corrected chi connectivity index (χ2v) is 4.58. The van der Waals surface area contributed by atoms with Crippen LogP contribution >= 0.6 is 0 Å². The van der Waals surface area contributed by atoms with Gasteiger partial charge in [0.15, 0.2) is 0 Å². The van der Waals surface area contributed by atoms with Crippen LogP contribution in [0, 0.1) is 5.92 Å². The van der Waals surface area contributed by atoms with Crippen LogP contribution in [-0.2, 0) is 23.7 Å². The summed E-state index contributed by atoms with van der Waals surface area (Å²) in [5.41, 5.74) is 0. The Labute approximate surface area is 116 Å². The zero-order chi connectivity index (χ0) is 14.5. The van der Waals surface area contributed by atoms with Gasteiger partial charge in [0.05, 0.1) is 38.4 Å². The second-order valence-electron chi connectivity index (χ2n) is 4.58. The minimum absolute atomic E-state index is 0.0921. The molecule has 19 heavy (non-hydrogen) atoms. The van der Waals surface area contributed by atoms with Crippen molar-refractivity contribution in [2.45, 2.75) is 39.2 Å². The molecule has 0 fully saturated rings. The molecule has 5 heteroatoms. The third kappa shape index (κ3) is 9.87. The Morgan fingerprint density at radius 3 is 2.47 bits per heavy atom. The number of methoxy groups -OCH3 is 2. The third-order valence-electron chi connectivity index (χ3n) is 2.83. The lowest BCUT2D eigenvalue weighted by molar-refractivity contribution is -0.149. The molecule has 0 rings (SSSR count). The molecule has 0 aliphatic rings. The molecule has 0 bridgehead atoms. The van der Waals surface area contributed by atoms with Crippen LogP contribution in [0.25, 0.3) is 0 Å². The highest BCUT2D eigenvalue weighted by Gasteiger charge is 2.20. The minimum Gasteiger partial charge on any atom is -0.465 e. The summed E-state index contributed by atoms with van der Waals surface area (Å²) in [6, 6.07) is 0. The number of hydrogen-bond acceptors (Lipinski definition) is 5. The quantitative estimate of drug-likeness (QED) is 0.403. The lowest BCUT2D eigenvalue weighted by Gasteiger charge is -2.19. The Balaban J connectivity index is 3.84. The summed E-state index contributed by atoms with van der Waals surface area (Å²) < 4.78 is 20.8. The van der Waals surface area contributed by atoms with Gasteiger partial charge in [-0.15, -0.1) is 0 Å². The molecule has 5 nitrogen and oxygen atoms in total. The first-order valence-corrected chi connectivity index (χ1v) is 6.91. The number of esters is 1. The molecule has 0 saturated heterocycles. The molecule has 114 valence electrons. The van der Waals surface area contributed by atoms with E-state index in [4.69, 9.17) is 18.9 Å². The van der Waals surface area contributed by atoms with E-state index in [-0.39, 0.29) is 18.0 Å². The standard InChI is InChI=1S/C14H28O5/c1-5-6-7-19-14(15)12(2)10-13(17-4)11-18-9-8-16-3/h12-13H,5-11H2,1-4H3. The maximum absolute atomic E-state index is 11.7. The fourth-order valence-electron chi connectivity index (χ4n) is 1.54. The monoisotopic (exact) mass is 276 g/mol. The average Bonchev–Trinajstić information content (AvgIpc) is 2.42. The fourth-order valence-corrected chi connectivity index (χ4v) is 1.54. The van der Waals surface area contributed by atoms with Gasteiger partial charge < -0.3 is 18.9 Å². The first kappa shape index (κ1) is 18.4. The van der Waals surface area contributed by atoms with Gasteiger partial charge in [-0.05, 0) is 12.8 Å². The SMILES string of the molecule is CCCCOC(=O)C(C)CC(COCCOC)OC. The average molecular weight is 276 g/mol. The maximum Gasteiger partial charge on any atom is 0.308 e. The highest BCUT2D eigenvalue weighted by Crippen LogP contribution is 2.11. The predicted octanol–water partition coefficient (Wildman–Crippen LogP) is 2.03. The summed E-state index contributed by atoms with van der Waals surface area (Å²) >= 11 is 0. The molecule has 0 N–H and O–H groups in total. The lowest BCUT2D eigenvalue weighted by Crippen LogP contribution is -2.26. The first-order chi connectivity index (χ1) is 9.15. The van der Waals surface area contributed by atoms with Crippen molar-refractivity contribution in [3.63, 3.8) is 0 Å². The number of rotatable bonds is 12. The number of carbonyl (C=O) groups excluding carboxylic acids is 1. The number of unbranched alkanes of at least 4 members (excludes halogenated alkanes) is 1. The molecule has 0 radical (unpaired) electrons. The first-order valence-electron chi connectivity index (χ1n) is 6.91. The van der Waals surface area contributed by atoms with E-state index in [1.165, 1.54) is 0 Å². The number of hydrogen-bond donors (Lipinski definition) is 0. The molecular weight excluding hydrogens is 248 g/mol. The van der Waals surface area contributed by atoms with Crippen LogP contribution < -0.4 is 0 Å². The van der Waals surface area contributed by atoms with Crippen molar-refractivity contribution < 1.29 is 23.7 Å². The Morgan fingerprint density at radius 2 is 1.89 bits per heavy atom. The van der Waals surface area contributed by atoms with Crippen molar-refractivity contribution in [3.05, 3.63) is 0 Å². The largest absolute Gasteiger partial charge is 0.465 e. The van der Waals surface area contributed by atoms with Gasteiger partial charge >= 0.3 is 5.97 Å². The van der Waals surface area contributed by atoms with Gasteiger partial charge in [0.1, 0.15) is 0 Å². The Bertz CT molecular complexity index is 220. The van der Waals surface area contributed by atoms with Crippen molar-refractivity contribution in [3.8, 4) is 0 Å². The van der Waals surface area contributed by atoms with Gasteiger partial charge in [-0.1, -0.05) is 20.3 Å². The topological polar surface area (TPSA) is 54.0 Å². The van der Waals surface area contributed by atoms with E-state index < -0.39 is 0 Å². The van der Waals surface area contributed by atoms with Gasteiger partial charge in [0.25, 0.3) is 0 Å². The Hall–Kier alpha value is -0.650. The third-order valence-corrected chi connectivity index (χ3v) is 2.83. The van der Waals surface area contributed by atoms with Gasteiger partial charge in [-0.3, -0.25) is 4.79 Å². The molecule has 0 aromatic carbocycles. The van der Waals surface area contributed by atoms with Gasteiger partial charge in [0.2, 0.25) is 0 Å². The Morgan fingerprint density at radius 1 is 1.16 bits per heavy atom. The molecule has 2 unspecified atom stereocenters. The van der Waals surface area contributed by atoms with E-state index in [0.29, 0.717) is 32.8 Å². The summed E-state index contributed by atoms with van der Waals surface area (Å²) in [4.78, 5) is 11.7. The number of ether oxygens (including phenoxy) is 4. The van der Waals surface area contributed by atoms with E-state index in [2.05, 4.69) is 6.92 Å². The van der Waals surface area contributed by atoms with E-state index in [1.807, 2.05) is 6.92 Å². The molecule has 0 spiro atoms. The highest BCUT2D eigenvalue weighted by atomic mass is 16.5. The molecule has 0 aromatic rings. The van der Waals surface area contributed by atoms with E-state index in [1.54, 1.807) is 14.2 Å². The summed E-state index contributed by atoms with van der Waals surface area (Å²) in [6.07, 6.45) is 2.45. The van der Waals surface area contributed by atoms with Gasteiger partial charge in [-0.2, -0.15) is 0 Å². The summed E-state index contributed by atoms with van der Waals surface area (Å²) in [5.74, 6) is -0.333. The predicted molar refractivity (Wildman–Crippen MR) is 73.1 cm³/mol. The second kappa shape index (κ2) is 12.4. The highest BCUT2D eigenvalue weighted by molar-refractivity contribution is 5.71. The van der Waals surface area contributed by atoms with E-state index >= 15 is 0 Å². The fraction of sp³-hybridized carbons (Fsp3) is 0.929. The van der Waals surface area contributed by atoms with E-state index in [0.717, 1.165) is 12.8 Å². The Kier molecular flexibility index (Phi) is 12.0. The summed E-state index contributed by atoms with van der Waals surface area (Å²) in [7, 11) is 3.25. The molecular formula is C14H28O5. The zero-order valence-corrected chi connectivity index (χ0v) is 12.6. The molecule has 0 aliphatic heterocycles. The minimum atomic E-state index is -0.173. The zero-order valence-electron chi connectivity index (χ0n) is 12.6. The molecule has 0 heterocycles. The molecule has 0 amide bonds. The normalized spacial score (nSPS) is 14.1. The summed E-state index contributed by atoms with van der Waals surface area (Å²) in [5, 5.41) is 0. The van der Waals surface area contributed by atoms with Crippen LogP contribution in [0.5, 0.6) is 0 Å². The van der Waals surface area contributed by atoms with Crippen LogP contribution in [0.1, 0.15) is 33.1 Å². The van der Waals surface area contributed by atoms with Crippen LogP contribution in [-0.4, -0.2) is 52.7 Å². The van der Waals surface area contributed by atoms with E-state index in [9.17, 15) is 4.79 Å². The summed E-state index contributed by atoms with van der Waals surface area (Å²) in [6.45, 7) is 5.98. The van der Waals surface area contributed by atoms with Crippen LogP contribution in [0.3, 0.4) is 0 Å². The van der Waals surface area contributed by atoms with Crippen molar-refractivity contribution in [2.24, 2.45) is 5.92 Å². The molecule has 2 atom stereocenters.